The number of ether oxygens (including phenoxy) is 1. The van der Waals surface area contributed by atoms with Crippen molar-refractivity contribution in [2.75, 3.05) is 38.2 Å². The molecule has 7 rings (SSSR count). The number of nitrogens with zero attached hydrogens (tertiary/aromatic N) is 5. The van der Waals surface area contributed by atoms with Gasteiger partial charge in [-0.2, -0.15) is 9.97 Å². The largest absolute Gasteiger partial charge is 0.463 e. The molecule has 0 spiro atoms. The number of rotatable bonds is 5. The topological polar surface area (TPSA) is 54.4 Å². The van der Waals surface area contributed by atoms with Gasteiger partial charge in [0, 0.05) is 29.7 Å². The van der Waals surface area contributed by atoms with E-state index in [1.54, 1.807) is 18.3 Å². The molecule has 3 aliphatic rings. The summed E-state index contributed by atoms with van der Waals surface area (Å²) in [5, 5.41) is 1.65. The Morgan fingerprint density at radius 3 is 2.48 bits per heavy atom. The Bertz CT molecular complexity index is 1580. The standard InChI is InChI=1S/C34H39F2N5O/c1-40-17-5-8-22(9-6-18-40)21-42-34-38-32-26(33(39-34)41-19-7-13-23-10-4-16-28(23)41)20-37-31(30(32)36)25-14-2-11-24-12-3-15-27(35)29(24)25/h2-3,11-12,14-15,20,22-23,28H,4-10,13,16-19,21H2,1H3. The summed E-state index contributed by atoms with van der Waals surface area (Å²) in [4.78, 5) is 19.0. The molecule has 220 valence electrons. The van der Waals surface area contributed by atoms with Crippen molar-refractivity contribution in [2.24, 2.45) is 11.8 Å². The third kappa shape index (κ3) is 5.19. The first kappa shape index (κ1) is 27.4. The van der Waals surface area contributed by atoms with Gasteiger partial charge >= 0.3 is 6.01 Å². The highest BCUT2D eigenvalue weighted by atomic mass is 19.1. The lowest BCUT2D eigenvalue weighted by molar-refractivity contribution is 0.186. The van der Waals surface area contributed by atoms with Gasteiger partial charge in [0.2, 0.25) is 0 Å². The van der Waals surface area contributed by atoms with E-state index >= 15 is 8.78 Å². The van der Waals surface area contributed by atoms with Gasteiger partial charge in [-0.3, -0.25) is 4.98 Å². The second-order valence-electron chi connectivity index (χ2n) is 12.5. The molecule has 2 aromatic carbocycles. The molecule has 4 heterocycles. The molecule has 0 N–H and O–H groups in total. The number of hydrogen-bond donors (Lipinski definition) is 0. The Morgan fingerprint density at radius 1 is 0.881 bits per heavy atom. The number of piperidine rings is 1. The molecular weight excluding hydrogens is 532 g/mol. The van der Waals surface area contributed by atoms with Gasteiger partial charge in [-0.25, -0.2) is 8.78 Å². The van der Waals surface area contributed by atoms with E-state index in [0.29, 0.717) is 52.0 Å². The van der Waals surface area contributed by atoms with Crippen molar-refractivity contribution in [3.8, 4) is 17.3 Å². The van der Waals surface area contributed by atoms with Gasteiger partial charge in [0.25, 0.3) is 0 Å². The third-order valence-corrected chi connectivity index (χ3v) is 9.77. The van der Waals surface area contributed by atoms with Crippen LogP contribution in [0.5, 0.6) is 6.01 Å². The van der Waals surface area contributed by atoms with Crippen molar-refractivity contribution in [1.29, 1.82) is 0 Å². The fourth-order valence-corrected chi connectivity index (χ4v) is 7.62. The Labute approximate surface area is 246 Å². The zero-order chi connectivity index (χ0) is 28.6. The maximum absolute atomic E-state index is 16.6. The van der Waals surface area contributed by atoms with Crippen molar-refractivity contribution < 1.29 is 13.5 Å². The van der Waals surface area contributed by atoms with Crippen molar-refractivity contribution in [3.63, 3.8) is 0 Å². The molecule has 0 radical (unpaired) electrons. The first-order chi connectivity index (χ1) is 20.6. The van der Waals surface area contributed by atoms with Crippen LogP contribution in [-0.4, -0.2) is 59.2 Å². The number of pyridine rings is 1. The van der Waals surface area contributed by atoms with E-state index in [0.717, 1.165) is 58.2 Å². The lowest BCUT2D eigenvalue weighted by Gasteiger charge is -2.39. The summed E-state index contributed by atoms with van der Waals surface area (Å²) in [7, 11) is 2.18. The van der Waals surface area contributed by atoms with Crippen LogP contribution in [0.25, 0.3) is 32.9 Å². The fraction of sp³-hybridized carbons (Fsp3) is 0.500. The number of fused-ring (bicyclic) bond motifs is 3. The van der Waals surface area contributed by atoms with E-state index in [-0.39, 0.29) is 17.2 Å². The highest BCUT2D eigenvalue weighted by molar-refractivity contribution is 5.99. The second-order valence-corrected chi connectivity index (χ2v) is 12.5. The van der Waals surface area contributed by atoms with Crippen LogP contribution < -0.4 is 9.64 Å². The first-order valence-corrected chi connectivity index (χ1v) is 15.7. The van der Waals surface area contributed by atoms with Crippen molar-refractivity contribution in [1.82, 2.24) is 19.9 Å². The van der Waals surface area contributed by atoms with E-state index in [4.69, 9.17) is 9.72 Å². The zero-order valence-corrected chi connectivity index (χ0v) is 24.4. The average Bonchev–Trinajstić information content (AvgIpc) is 3.48. The van der Waals surface area contributed by atoms with Gasteiger partial charge in [0.1, 0.15) is 22.8 Å². The highest BCUT2D eigenvalue weighted by Gasteiger charge is 2.37. The SMILES string of the molecule is CN1CCCC(COc2nc(N3CCCC4CCCC43)c3cnc(-c4cccc5cccc(F)c45)c(F)c3n2)CCC1. The Hall–Kier alpha value is -3.39. The summed E-state index contributed by atoms with van der Waals surface area (Å²) in [5.74, 6) is 0.811. The molecule has 0 amide bonds. The number of hydrogen-bond acceptors (Lipinski definition) is 6. The molecule has 8 heteroatoms. The van der Waals surface area contributed by atoms with Crippen LogP contribution in [0.1, 0.15) is 57.8 Å². The van der Waals surface area contributed by atoms with E-state index in [1.807, 2.05) is 18.2 Å². The number of halogens is 2. The molecule has 2 aliphatic heterocycles. The van der Waals surface area contributed by atoms with Gasteiger partial charge in [0.05, 0.1) is 12.0 Å². The Morgan fingerprint density at radius 2 is 1.64 bits per heavy atom. The summed E-state index contributed by atoms with van der Waals surface area (Å²) in [6, 6.07) is 10.9. The minimum absolute atomic E-state index is 0.0929. The van der Waals surface area contributed by atoms with Crippen molar-refractivity contribution in [2.45, 2.75) is 63.8 Å². The molecule has 0 bridgehead atoms. The first-order valence-electron chi connectivity index (χ1n) is 15.7. The Kier molecular flexibility index (Phi) is 7.65. The number of benzene rings is 2. The number of aromatic nitrogens is 3. The van der Waals surface area contributed by atoms with Crippen LogP contribution >= 0.6 is 0 Å². The molecule has 6 nitrogen and oxygen atoms in total. The lowest BCUT2D eigenvalue weighted by Crippen LogP contribution is -2.43. The molecule has 4 aromatic rings. The normalized spacial score (nSPS) is 22.3. The monoisotopic (exact) mass is 571 g/mol. The van der Waals surface area contributed by atoms with Crippen LogP contribution in [0.4, 0.5) is 14.6 Å². The summed E-state index contributed by atoms with van der Waals surface area (Å²) in [5.41, 5.74) is 0.698. The van der Waals surface area contributed by atoms with Gasteiger partial charge in [0.15, 0.2) is 5.82 Å². The molecule has 1 aliphatic carbocycles. The maximum Gasteiger partial charge on any atom is 0.319 e. The van der Waals surface area contributed by atoms with Gasteiger partial charge in [-0.05, 0) is 94.8 Å². The van der Waals surface area contributed by atoms with Gasteiger partial charge in [-0.15, -0.1) is 0 Å². The Balaban J connectivity index is 1.31. The number of likely N-dealkylation sites (tertiary alicyclic amines) is 1. The van der Waals surface area contributed by atoms with Crippen molar-refractivity contribution in [3.05, 3.63) is 54.2 Å². The number of anilines is 1. The van der Waals surface area contributed by atoms with Crippen LogP contribution in [-0.2, 0) is 0 Å². The second kappa shape index (κ2) is 11.7. The molecule has 42 heavy (non-hydrogen) atoms. The van der Waals surface area contributed by atoms with Crippen LogP contribution in [0, 0.1) is 23.5 Å². The third-order valence-electron chi connectivity index (χ3n) is 9.77. The van der Waals surface area contributed by atoms with E-state index in [1.165, 1.54) is 25.3 Å². The molecule has 1 saturated carbocycles. The average molecular weight is 572 g/mol. The fourth-order valence-electron chi connectivity index (χ4n) is 7.62. The maximum atomic E-state index is 16.6. The lowest BCUT2D eigenvalue weighted by atomic mass is 9.92. The molecule has 2 unspecified atom stereocenters. The van der Waals surface area contributed by atoms with Gasteiger partial charge in [-0.1, -0.05) is 36.8 Å². The van der Waals surface area contributed by atoms with E-state index in [9.17, 15) is 0 Å². The van der Waals surface area contributed by atoms with Gasteiger partial charge < -0.3 is 14.5 Å². The molecule has 2 saturated heterocycles. The van der Waals surface area contributed by atoms with Crippen LogP contribution in [0.15, 0.2) is 42.6 Å². The smallest absolute Gasteiger partial charge is 0.319 e. The van der Waals surface area contributed by atoms with E-state index in [2.05, 4.69) is 26.8 Å². The zero-order valence-electron chi connectivity index (χ0n) is 24.4. The molecule has 3 fully saturated rings. The predicted octanol–water partition coefficient (Wildman–Crippen LogP) is 7.39. The quantitative estimate of drug-likeness (QED) is 0.249. The van der Waals surface area contributed by atoms with E-state index < -0.39 is 11.6 Å². The summed E-state index contributed by atoms with van der Waals surface area (Å²) < 4.78 is 37.9. The predicted molar refractivity (Wildman–Crippen MR) is 163 cm³/mol. The minimum Gasteiger partial charge on any atom is -0.463 e. The summed E-state index contributed by atoms with van der Waals surface area (Å²) in [6.45, 7) is 3.59. The molecular formula is C34H39F2N5O. The molecule has 2 aromatic heterocycles. The molecule has 2 atom stereocenters. The minimum atomic E-state index is -0.564. The summed E-state index contributed by atoms with van der Waals surface area (Å²) in [6.07, 6.45) is 12.0. The summed E-state index contributed by atoms with van der Waals surface area (Å²) >= 11 is 0. The van der Waals surface area contributed by atoms with Crippen LogP contribution in [0.2, 0.25) is 0 Å². The van der Waals surface area contributed by atoms with Crippen LogP contribution in [0.3, 0.4) is 0 Å². The highest BCUT2D eigenvalue weighted by Crippen LogP contribution is 2.42. The van der Waals surface area contributed by atoms with Crippen molar-refractivity contribution >= 4 is 27.5 Å².